The third-order valence-corrected chi connectivity index (χ3v) is 5.16. The molecule has 1 aromatic rings. The van der Waals surface area contributed by atoms with E-state index in [9.17, 15) is 9.59 Å². The first-order valence-corrected chi connectivity index (χ1v) is 9.21. The van der Waals surface area contributed by atoms with Gasteiger partial charge in [0.15, 0.2) is 0 Å². The van der Waals surface area contributed by atoms with E-state index in [4.69, 9.17) is 4.42 Å². The highest BCUT2D eigenvalue weighted by molar-refractivity contribution is 5.76. The molecule has 1 aromatic heterocycles. The van der Waals surface area contributed by atoms with E-state index in [0.29, 0.717) is 32.7 Å². The SMILES string of the molecule is CC(=O)N1CCN(C(=O)NCC(c2ccco2)N2CCCCC2)CC1. The van der Waals surface area contributed by atoms with Crippen LogP contribution in [0.3, 0.4) is 0 Å². The molecule has 2 saturated heterocycles. The van der Waals surface area contributed by atoms with Crippen LogP contribution in [0.1, 0.15) is 38.0 Å². The van der Waals surface area contributed by atoms with Crippen molar-refractivity contribution in [2.45, 2.75) is 32.2 Å². The molecule has 1 unspecified atom stereocenters. The molecule has 3 heterocycles. The normalized spacial score (nSPS) is 20.4. The van der Waals surface area contributed by atoms with Crippen LogP contribution < -0.4 is 5.32 Å². The van der Waals surface area contributed by atoms with Gasteiger partial charge in [0.05, 0.1) is 12.3 Å². The van der Waals surface area contributed by atoms with Gasteiger partial charge >= 0.3 is 6.03 Å². The van der Waals surface area contributed by atoms with Crippen LogP contribution in [-0.4, -0.2) is 72.5 Å². The monoisotopic (exact) mass is 348 g/mol. The van der Waals surface area contributed by atoms with Gasteiger partial charge in [0, 0.05) is 39.6 Å². The van der Waals surface area contributed by atoms with Crippen molar-refractivity contribution in [3.8, 4) is 0 Å². The molecule has 2 fully saturated rings. The van der Waals surface area contributed by atoms with Gasteiger partial charge in [-0.2, -0.15) is 0 Å². The van der Waals surface area contributed by atoms with Crippen molar-refractivity contribution in [3.05, 3.63) is 24.2 Å². The number of hydrogen-bond donors (Lipinski definition) is 1. The van der Waals surface area contributed by atoms with E-state index in [-0.39, 0.29) is 18.0 Å². The Hall–Kier alpha value is -2.02. The number of rotatable bonds is 4. The maximum Gasteiger partial charge on any atom is 0.317 e. The number of nitrogens with one attached hydrogen (secondary N) is 1. The summed E-state index contributed by atoms with van der Waals surface area (Å²) in [4.78, 5) is 29.8. The summed E-state index contributed by atoms with van der Waals surface area (Å²) in [7, 11) is 0. The second-order valence-corrected chi connectivity index (χ2v) is 6.81. The molecule has 7 heteroatoms. The quantitative estimate of drug-likeness (QED) is 0.899. The van der Waals surface area contributed by atoms with Crippen molar-refractivity contribution < 1.29 is 14.0 Å². The maximum atomic E-state index is 12.5. The Labute approximate surface area is 148 Å². The maximum absolute atomic E-state index is 12.5. The van der Waals surface area contributed by atoms with Crippen LogP contribution in [0.15, 0.2) is 22.8 Å². The van der Waals surface area contributed by atoms with Crippen LogP contribution in [0.2, 0.25) is 0 Å². The molecule has 3 rings (SSSR count). The van der Waals surface area contributed by atoms with Crippen molar-refractivity contribution in [3.63, 3.8) is 0 Å². The van der Waals surface area contributed by atoms with E-state index in [2.05, 4.69) is 10.2 Å². The molecular formula is C18H28N4O3. The van der Waals surface area contributed by atoms with Gasteiger partial charge in [0.25, 0.3) is 0 Å². The van der Waals surface area contributed by atoms with Crippen LogP contribution >= 0.6 is 0 Å². The van der Waals surface area contributed by atoms with Crippen LogP contribution in [-0.2, 0) is 4.79 Å². The molecule has 0 aliphatic carbocycles. The zero-order chi connectivity index (χ0) is 17.6. The Morgan fingerprint density at radius 3 is 2.36 bits per heavy atom. The van der Waals surface area contributed by atoms with Crippen molar-refractivity contribution in [1.29, 1.82) is 0 Å². The van der Waals surface area contributed by atoms with Gasteiger partial charge in [-0.15, -0.1) is 0 Å². The molecule has 0 aromatic carbocycles. The second kappa shape index (κ2) is 8.38. The van der Waals surface area contributed by atoms with Crippen LogP contribution in [0.4, 0.5) is 4.79 Å². The number of carbonyl (C=O) groups is 2. The first-order valence-electron chi connectivity index (χ1n) is 9.21. The lowest BCUT2D eigenvalue weighted by Crippen LogP contribution is -2.53. The fraction of sp³-hybridized carbons (Fsp3) is 0.667. The summed E-state index contributed by atoms with van der Waals surface area (Å²) in [6.07, 6.45) is 5.35. The molecule has 3 amide bonds. The molecular weight excluding hydrogens is 320 g/mol. The molecule has 138 valence electrons. The lowest BCUT2D eigenvalue weighted by Gasteiger charge is -2.36. The van der Waals surface area contributed by atoms with Gasteiger partial charge < -0.3 is 19.5 Å². The Morgan fingerprint density at radius 2 is 1.76 bits per heavy atom. The summed E-state index contributed by atoms with van der Waals surface area (Å²) in [6.45, 7) is 6.58. The molecule has 1 N–H and O–H groups in total. The fourth-order valence-electron chi connectivity index (χ4n) is 3.64. The largest absolute Gasteiger partial charge is 0.468 e. The minimum atomic E-state index is -0.0585. The van der Waals surface area contributed by atoms with E-state index < -0.39 is 0 Å². The van der Waals surface area contributed by atoms with Gasteiger partial charge in [-0.25, -0.2) is 4.79 Å². The number of urea groups is 1. The lowest BCUT2D eigenvalue weighted by molar-refractivity contribution is -0.130. The molecule has 0 radical (unpaired) electrons. The Balaban J connectivity index is 1.54. The van der Waals surface area contributed by atoms with Crippen LogP contribution in [0, 0.1) is 0 Å². The number of likely N-dealkylation sites (tertiary alicyclic amines) is 1. The zero-order valence-electron chi connectivity index (χ0n) is 14.9. The summed E-state index contributed by atoms with van der Waals surface area (Å²) in [5, 5.41) is 3.06. The summed E-state index contributed by atoms with van der Waals surface area (Å²) >= 11 is 0. The van der Waals surface area contributed by atoms with Gasteiger partial charge in [0.1, 0.15) is 5.76 Å². The van der Waals surface area contributed by atoms with E-state index >= 15 is 0 Å². The first kappa shape index (κ1) is 17.8. The average Bonchev–Trinajstić information content (AvgIpc) is 3.17. The predicted octanol–water partition coefficient (Wildman–Crippen LogP) is 1.68. The van der Waals surface area contributed by atoms with E-state index in [1.807, 2.05) is 12.1 Å². The number of amides is 3. The molecule has 0 spiro atoms. The van der Waals surface area contributed by atoms with Gasteiger partial charge in [-0.1, -0.05) is 6.42 Å². The van der Waals surface area contributed by atoms with Gasteiger partial charge in [0.2, 0.25) is 5.91 Å². The predicted molar refractivity (Wildman–Crippen MR) is 94.1 cm³/mol. The summed E-state index contributed by atoms with van der Waals surface area (Å²) < 4.78 is 5.62. The smallest absolute Gasteiger partial charge is 0.317 e. The second-order valence-electron chi connectivity index (χ2n) is 6.81. The highest BCUT2D eigenvalue weighted by atomic mass is 16.3. The van der Waals surface area contributed by atoms with Crippen molar-refractivity contribution in [2.24, 2.45) is 0 Å². The Bertz CT molecular complexity index is 561. The van der Waals surface area contributed by atoms with E-state index in [0.717, 1.165) is 18.8 Å². The third-order valence-electron chi connectivity index (χ3n) is 5.16. The molecule has 2 aliphatic rings. The molecule has 7 nitrogen and oxygen atoms in total. The summed E-state index contributed by atoms with van der Waals surface area (Å²) in [6, 6.07) is 3.90. The number of piperidine rings is 1. The van der Waals surface area contributed by atoms with Gasteiger partial charge in [-0.3, -0.25) is 9.69 Å². The number of carbonyl (C=O) groups excluding carboxylic acids is 2. The number of furan rings is 1. The molecule has 25 heavy (non-hydrogen) atoms. The van der Waals surface area contributed by atoms with E-state index in [1.165, 1.54) is 19.3 Å². The average molecular weight is 348 g/mol. The fourth-order valence-corrected chi connectivity index (χ4v) is 3.64. The van der Waals surface area contributed by atoms with E-state index in [1.54, 1.807) is 23.0 Å². The van der Waals surface area contributed by atoms with Crippen LogP contribution in [0.25, 0.3) is 0 Å². The zero-order valence-corrected chi connectivity index (χ0v) is 14.9. The molecule has 2 aliphatic heterocycles. The molecule has 0 bridgehead atoms. The number of piperazine rings is 1. The third kappa shape index (κ3) is 4.54. The molecule has 0 saturated carbocycles. The highest BCUT2D eigenvalue weighted by Gasteiger charge is 2.27. The summed E-state index contributed by atoms with van der Waals surface area (Å²) in [5.74, 6) is 0.978. The summed E-state index contributed by atoms with van der Waals surface area (Å²) in [5.41, 5.74) is 0. The van der Waals surface area contributed by atoms with Crippen molar-refractivity contribution in [2.75, 3.05) is 45.8 Å². The standard InChI is InChI=1S/C18H28N4O3/c1-15(23)20-9-11-22(12-10-20)18(24)19-14-16(17-6-5-13-25-17)21-7-3-2-4-8-21/h5-6,13,16H,2-4,7-12,14H2,1H3,(H,19,24). The number of nitrogens with zero attached hydrogens (tertiary/aromatic N) is 3. The lowest BCUT2D eigenvalue weighted by atomic mass is 10.1. The van der Waals surface area contributed by atoms with Crippen molar-refractivity contribution in [1.82, 2.24) is 20.0 Å². The number of hydrogen-bond acceptors (Lipinski definition) is 4. The Morgan fingerprint density at radius 1 is 1.08 bits per heavy atom. The minimum Gasteiger partial charge on any atom is -0.468 e. The van der Waals surface area contributed by atoms with Crippen LogP contribution in [0.5, 0.6) is 0 Å². The minimum absolute atomic E-state index is 0.0585. The topological polar surface area (TPSA) is 69.0 Å². The molecule has 1 atom stereocenters. The highest BCUT2D eigenvalue weighted by Crippen LogP contribution is 2.24. The first-order chi connectivity index (χ1) is 12.1. The van der Waals surface area contributed by atoms with Crippen molar-refractivity contribution >= 4 is 11.9 Å². The van der Waals surface area contributed by atoms with Gasteiger partial charge in [-0.05, 0) is 38.1 Å². The Kier molecular flexibility index (Phi) is 5.96.